The fraction of sp³-hybridized carbons (Fsp3) is 0.353. The van der Waals surface area contributed by atoms with Gasteiger partial charge in [0, 0.05) is 13.0 Å². The summed E-state index contributed by atoms with van der Waals surface area (Å²) in [7, 11) is 0. The van der Waals surface area contributed by atoms with Gasteiger partial charge in [0.2, 0.25) is 0 Å². The monoisotopic (exact) mass is 349 g/mol. The van der Waals surface area contributed by atoms with Gasteiger partial charge in [0.25, 0.3) is 5.91 Å². The number of carboxylic acids is 1. The van der Waals surface area contributed by atoms with Crippen molar-refractivity contribution in [3.8, 4) is 0 Å². The SMILES string of the molecule is CC(C)c1ccc(/C=C2\SC(=S)N(CCCC(=O)O)C2=O)cc1. The summed E-state index contributed by atoms with van der Waals surface area (Å²) in [4.78, 5) is 25.0. The quantitative estimate of drug-likeness (QED) is 0.624. The number of amides is 1. The Hall–Kier alpha value is -1.66. The molecule has 0 unspecified atom stereocenters. The minimum atomic E-state index is -0.865. The van der Waals surface area contributed by atoms with Crippen LogP contribution in [0.4, 0.5) is 0 Å². The Balaban J connectivity index is 2.07. The zero-order valence-corrected chi connectivity index (χ0v) is 14.7. The third-order valence-electron chi connectivity index (χ3n) is 3.55. The van der Waals surface area contributed by atoms with Gasteiger partial charge in [-0.3, -0.25) is 14.5 Å². The molecule has 4 nitrogen and oxygen atoms in total. The van der Waals surface area contributed by atoms with Gasteiger partial charge in [-0.05, 0) is 29.5 Å². The van der Waals surface area contributed by atoms with Crippen LogP contribution in [0.25, 0.3) is 6.08 Å². The minimum absolute atomic E-state index is 0.0345. The Morgan fingerprint density at radius 3 is 2.57 bits per heavy atom. The van der Waals surface area contributed by atoms with Crippen LogP contribution < -0.4 is 0 Å². The van der Waals surface area contributed by atoms with Crippen LogP contribution in [0.3, 0.4) is 0 Å². The summed E-state index contributed by atoms with van der Waals surface area (Å²) in [6, 6.07) is 8.10. The van der Waals surface area contributed by atoms with Crippen molar-refractivity contribution in [1.82, 2.24) is 4.90 Å². The van der Waals surface area contributed by atoms with E-state index in [1.54, 1.807) is 0 Å². The Morgan fingerprint density at radius 2 is 2.00 bits per heavy atom. The molecule has 1 aliphatic rings. The molecule has 122 valence electrons. The lowest BCUT2D eigenvalue weighted by molar-refractivity contribution is -0.137. The van der Waals surface area contributed by atoms with Gasteiger partial charge < -0.3 is 5.11 Å². The van der Waals surface area contributed by atoms with Gasteiger partial charge in [0.1, 0.15) is 4.32 Å². The predicted molar refractivity (Wildman–Crippen MR) is 97.3 cm³/mol. The fourth-order valence-corrected chi connectivity index (χ4v) is 3.52. The fourth-order valence-electron chi connectivity index (χ4n) is 2.21. The smallest absolute Gasteiger partial charge is 0.303 e. The van der Waals surface area contributed by atoms with Gasteiger partial charge >= 0.3 is 5.97 Å². The summed E-state index contributed by atoms with van der Waals surface area (Å²) in [5, 5.41) is 8.67. The zero-order valence-electron chi connectivity index (χ0n) is 13.1. The van der Waals surface area contributed by atoms with Gasteiger partial charge in [0.15, 0.2) is 0 Å². The first-order valence-electron chi connectivity index (χ1n) is 7.45. The number of thioether (sulfide) groups is 1. The highest BCUT2D eigenvalue weighted by atomic mass is 32.2. The number of carbonyl (C=O) groups is 2. The molecule has 0 radical (unpaired) electrons. The number of thiocarbonyl (C=S) groups is 1. The molecule has 1 fully saturated rings. The summed E-state index contributed by atoms with van der Waals surface area (Å²) in [6.07, 6.45) is 2.27. The highest BCUT2D eigenvalue weighted by Crippen LogP contribution is 2.32. The van der Waals surface area contributed by atoms with Crippen molar-refractivity contribution >= 4 is 46.3 Å². The van der Waals surface area contributed by atoms with Gasteiger partial charge in [-0.2, -0.15) is 0 Å². The molecule has 23 heavy (non-hydrogen) atoms. The largest absolute Gasteiger partial charge is 0.481 e. The second-order valence-corrected chi connectivity index (χ2v) is 7.33. The summed E-state index contributed by atoms with van der Waals surface area (Å²) in [5.74, 6) is -0.536. The molecule has 0 saturated carbocycles. The van der Waals surface area contributed by atoms with E-state index in [0.717, 1.165) is 5.56 Å². The van der Waals surface area contributed by atoms with Crippen LogP contribution in [-0.4, -0.2) is 32.7 Å². The third kappa shape index (κ3) is 4.65. The number of hydrogen-bond donors (Lipinski definition) is 1. The Bertz CT molecular complexity index is 650. The maximum Gasteiger partial charge on any atom is 0.303 e. The normalized spacial score (nSPS) is 16.7. The maximum atomic E-state index is 12.4. The Kier molecular flexibility index (Phi) is 5.96. The molecule has 0 aromatic heterocycles. The zero-order chi connectivity index (χ0) is 17.0. The van der Waals surface area contributed by atoms with Crippen molar-refractivity contribution in [1.29, 1.82) is 0 Å². The Labute approximate surface area is 145 Å². The molecule has 2 rings (SSSR count). The van der Waals surface area contributed by atoms with Gasteiger partial charge in [-0.1, -0.05) is 62.1 Å². The molecule has 0 spiro atoms. The third-order valence-corrected chi connectivity index (χ3v) is 4.92. The molecule has 0 bridgehead atoms. The summed E-state index contributed by atoms with van der Waals surface area (Å²) in [6.45, 7) is 4.62. The Morgan fingerprint density at radius 1 is 1.35 bits per heavy atom. The number of hydrogen-bond acceptors (Lipinski definition) is 4. The van der Waals surface area contributed by atoms with Gasteiger partial charge in [-0.15, -0.1) is 0 Å². The maximum absolute atomic E-state index is 12.4. The first kappa shape index (κ1) is 17.7. The van der Waals surface area contributed by atoms with Crippen molar-refractivity contribution in [2.24, 2.45) is 0 Å². The number of aliphatic carboxylic acids is 1. The lowest BCUT2D eigenvalue weighted by Crippen LogP contribution is -2.29. The predicted octanol–water partition coefficient (Wildman–Crippen LogP) is 3.88. The molecule has 0 aliphatic carbocycles. The molecule has 1 amide bonds. The van der Waals surface area contributed by atoms with Crippen molar-refractivity contribution < 1.29 is 14.7 Å². The van der Waals surface area contributed by atoms with Crippen molar-refractivity contribution in [3.05, 3.63) is 40.3 Å². The highest BCUT2D eigenvalue weighted by molar-refractivity contribution is 8.26. The van der Waals surface area contributed by atoms with E-state index in [2.05, 4.69) is 26.0 Å². The van der Waals surface area contributed by atoms with E-state index in [9.17, 15) is 9.59 Å². The van der Waals surface area contributed by atoms with Crippen LogP contribution in [0.1, 0.15) is 43.7 Å². The van der Waals surface area contributed by atoms with Crippen LogP contribution >= 0.6 is 24.0 Å². The summed E-state index contributed by atoms with van der Waals surface area (Å²) >= 11 is 6.49. The number of nitrogens with zero attached hydrogens (tertiary/aromatic N) is 1. The lowest BCUT2D eigenvalue weighted by Gasteiger charge is -2.13. The average molecular weight is 349 g/mol. The molecular weight excluding hydrogens is 330 g/mol. The molecule has 0 atom stereocenters. The number of carboxylic acid groups (broad SMARTS) is 1. The second-order valence-electron chi connectivity index (χ2n) is 5.65. The van der Waals surface area contributed by atoms with E-state index in [1.807, 2.05) is 18.2 Å². The van der Waals surface area contributed by atoms with E-state index in [4.69, 9.17) is 17.3 Å². The summed E-state index contributed by atoms with van der Waals surface area (Å²) in [5.41, 5.74) is 2.21. The van der Waals surface area contributed by atoms with E-state index in [1.165, 1.54) is 22.2 Å². The second kappa shape index (κ2) is 7.75. The van der Waals surface area contributed by atoms with E-state index < -0.39 is 5.97 Å². The molecule has 1 N–H and O–H groups in total. The van der Waals surface area contributed by atoms with Crippen LogP contribution in [0, 0.1) is 0 Å². The topological polar surface area (TPSA) is 57.6 Å². The molecule has 6 heteroatoms. The van der Waals surface area contributed by atoms with Gasteiger partial charge in [-0.25, -0.2) is 0 Å². The summed E-state index contributed by atoms with van der Waals surface area (Å²) < 4.78 is 0.491. The molecule has 1 heterocycles. The van der Waals surface area contributed by atoms with Crippen LogP contribution in [-0.2, 0) is 9.59 Å². The minimum Gasteiger partial charge on any atom is -0.481 e. The van der Waals surface area contributed by atoms with Crippen molar-refractivity contribution in [2.75, 3.05) is 6.54 Å². The molecular formula is C17H19NO3S2. The van der Waals surface area contributed by atoms with Crippen LogP contribution in [0.5, 0.6) is 0 Å². The first-order valence-corrected chi connectivity index (χ1v) is 8.68. The average Bonchev–Trinajstić information content (AvgIpc) is 2.75. The van der Waals surface area contributed by atoms with Crippen molar-refractivity contribution in [3.63, 3.8) is 0 Å². The number of rotatable bonds is 6. The van der Waals surface area contributed by atoms with Crippen LogP contribution in [0.15, 0.2) is 29.2 Å². The molecule has 1 aromatic carbocycles. The number of benzene rings is 1. The lowest BCUT2D eigenvalue weighted by atomic mass is 10.0. The van der Waals surface area contributed by atoms with Gasteiger partial charge in [0.05, 0.1) is 4.91 Å². The van der Waals surface area contributed by atoms with Crippen LogP contribution in [0.2, 0.25) is 0 Å². The van der Waals surface area contributed by atoms with E-state index in [-0.39, 0.29) is 12.3 Å². The number of carbonyl (C=O) groups excluding carboxylic acids is 1. The molecule has 1 aromatic rings. The first-order chi connectivity index (χ1) is 10.9. The standard InChI is InChI=1S/C17H19NO3S2/c1-11(2)13-7-5-12(6-8-13)10-14-16(21)18(17(22)23-14)9-3-4-15(19)20/h5-8,10-11H,3-4,9H2,1-2H3,(H,19,20)/b14-10-. The van der Waals surface area contributed by atoms with E-state index in [0.29, 0.717) is 28.1 Å². The van der Waals surface area contributed by atoms with E-state index >= 15 is 0 Å². The van der Waals surface area contributed by atoms with Crippen molar-refractivity contribution in [2.45, 2.75) is 32.6 Å². The molecule has 1 saturated heterocycles. The highest BCUT2D eigenvalue weighted by Gasteiger charge is 2.31. The molecule has 1 aliphatic heterocycles.